The van der Waals surface area contributed by atoms with E-state index in [1.165, 1.54) is 27.5 Å². The summed E-state index contributed by atoms with van der Waals surface area (Å²) in [6.07, 6.45) is 0. The number of hydrogen-bond acceptors (Lipinski definition) is 2. The van der Waals surface area contributed by atoms with Gasteiger partial charge in [0, 0.05) is 27.8 Å². The number of para-hydroxylation sites is 2. The maximum Gasteiger partial charge on any atom is 0.136 e. The summed E-state index contributed by atoms with van der Waals surface area (Å²) in [6.45, 7) is 0. The number of rotatable bonds is 5. The molecule has 2 heteroatoms. The standard InChI is InChI=1S/C40H27NO/c1-2-12-31(13-3-1)41(32-24-20-29(21-25-32)35-16-8-11-28-10-4-5-14-34(28)35)33-26-22-30(23-27-33)36-17-9-19-39-40(36)37-15-6-7-18-38(37)42-39/h1-27H. The monoisotopic (exact) mass is 537 g/mol. The number of anilines is 3. The van der Waals surface area contributed by atoms with E-state index < -0.39 is 0 Å². The van der Waals surface area contributed by atoms with Crippen LogP contribution in [0.25, 0.3) is 55.0 Å². The van der Waals surface area contributed by atoms with E-state index in [4.69, 9.17) is 4.42 Å². The summed E-state index contributed by atoms with van der Waals surface area (Å²) in [5, 5.41) is 4.82. The first kappa shape index (κ1) is 24.2. The summed E-state index contributed by atoms with van der Waals surface area (Å²) in [7, 11) is 0. The minimum Gasteiger partial charge on any atom is -0.456 e. The molecule has 7 aromatic carbocycles. The van der Waals surface area contributed by atoms with E-state index >= 15 is 0 Å². The van der Waals surface area contributed by atoms with Gasteiger partial charge in [-0.15, -0.1) is 0 Å². The van der Waals surface area contributed by atoms with Gasteiger partial charge in [-0.1, -0.05) is 115 Å². The van der Waals surface area contributed by atoms with E-state index in [2.05, 4.69) is 150 Å². The molecule has 0 bridgehead atoms. The van der Waals surface area contributed by atoms with Gasteiger partial charge in [-0.2, -0.15) is 0 Å². The molecular formula is C40H27NO. The van der Waals surface area contributed by atoms with Gasteiger partial charge in [0.25, 0.3) is 0 Å². The van der Waals surface area contributed by atoms with E-state index in [1.807, 2.05) is 18.2 Å². The number of fused-ring (bicyclic) bond motifs is 4. The van der Waals surface area contributed by atoms with Crippen molar-refractivity contribution in [1.82, 2.24) is 0 Å². The highest BCUT2D eigenvalue weighted by Crippen LogP contribution is 2.40. The molecule has 0 saturated carbocycles. The Morgan fingerprint density at radius 2 is 0.881 bits per heavy atom. The fraction of sp³-hybridized carbons (Fsp3) is 0. The Bertz CT molecular complexity index is 2170. The minimum atomic E-state index is 0.912. The maximum atomic E-state index is 6.15. The molecule has 1 heterocycles. The summed E-state index contributed by atoms with van der Waals surface area (Å²) in [5.41, 5.74) is 9.95. The second-order valence-electron chi connectivity index (χ2n) is 10.6. The first-order valence-corrected chi connectivity index (χ1v) is 14.3. The molecule has 0 amide bonds. The average Bonchev–Trinajstić information content (AvgIpc) is 3.45. The van der Waals surface area contributed by atoms with Crippen molar-refractivity contribution < 1.29 is 4.42 Å². The molecule has 0 fully saturated rings. The number of nitrogens with zero attached hydrogens (tertiary/aromatic N) is 1. The zero-order valence-electron chi connectivity index (χ0n) is 22.9. The smallest absolute Gasteiger partial charge is 0.136 e. The third kappa shape index (κ3) is 4.13. The van der Waals surface area contributed by atoms with E-state index in [1.54, 1.807) is 0 Å². The third-order valence-corrected chi connectivity index (χ3v) is 8.08. The predicted octanol–water partition coefficient (Wildman–Crippen LogP) is 11.5. The summed E-state index contributed by atoms with van der Waals surface area (Å²) in [6, 6.07) is 57.9. The van der Waals surface area contributed by atoms with E-state index in [-0.39, 0.29) is 0 Å². The van der Waals surface area contributed by atoms with Crippen LogP contribution in [0, 0.1) is 0 Å². The molecule has 8 rings (SSSR count). The van der Waals surface area contributed by atoms with Gasteiger partial charge in [-0.25, -0.2) is 0 Å². The Hall–Kier alpha value is -5.60. The van der Waals surface area contributed by atoms with Gasteiger partial charge >= 0.3 is 0 Å². The van der Waals surface area contributed by atoms with Crippen LogP contribution in [0.15, 0.2) is 168 Å². The molecule has 0 saturated heterocycles. The molecule has 0 aliphatic carbocycles. The third-order valence-electron chi connectivity index (χ3n) is 8.08. The fourth-order valence-electron chi connectivity index (χ4n) is 6.10. The second-order valence-corrected chi connectivity index (χ2v) is 10.6. The highest BCUT2D eigenvalue weighted by Gasteiger charge is 2.15. The zero-order chi connectivity index (χ0) is 27.9. The van der Waals surface area contributed by atoms with Crippen molar-refractivity contribution in [1.29, 1.82) is 0 Å². The van der Waals surface area contributed by atoms with Crippen molar-refractivity contribution in [2.75, 3.05) is 4.90 Å². The van der Waals surface area contributed by atoms with Crippen molar-refractivity contribution in [2.45, 2.75) is 0 Å². The predicted molar refractivity (Wildman–Crippen MR) is 177 cm³/mol. The highest BCUT2D eigenvalue weighted by atomic mass is 16.3. The molecular weight excluding hydrogens is 510 g/mol. The van der Waals surface area contributed by atoms with Gasteiger partial charge < -0.3 is 9.32 Å². The van der Waals surface area contributed by atoms with Gasteiger partial charge in [-0.3, -0.25) is 0 Å². The highest BCUT2D eigenvalue weighted by molar-refractivity contribution is 6.12. The first-order valence-electron chi connectivity index (χ1n) is 14.3. The second kappa shape index (κ2) is 10.1. The normalized spacial score (nSPS) is 11.3. The minimum absolute atomic E-state index is 0.912. The van der Waals surface area contributed by atoms with Crippen LogP contribution in [0.1, 0.15) is 0 Å². The van der Waals surface area contributed by atoms with E-state index in [0.29, 0.717) is 0 Å². The SMILES string of the molecule is c1ccc(N(c2ccc(-c3cccc4ccccc34)cc2)c2ccc(-c3cccc4oc5ccccc5c34)cc2)cc1. The van der Waals surface area contributed by atoms with Crippen LogP contribution in [0.3, 0.4) is 0 Å². The molecule has 8 aromatic rings. The topological polar surface area (TPSA) is 16.4 Å². The number of hydrogen-bond donors (Lipinski definition) is 0. The molecule has 2 nitrogen and oxygen atoms in total. The number of benzene rings is 7. The molecule has 1 aromatic heterocycles. The van der Waals surface area contributed by atoms with Crippen LogP contribution in [-0.2, 0) is 0 Å². The summed E-state index contributed by atoms with van der Waals surface area (Å²) in [4.78, 5) is 2.31. The zero-order valence-corrected chi connectivity index (χ0v) is 22.9. The molecule has 0 unspecified atom stereocenters. The van der Waals surface area contributed by atoms with Crippen molar-refractivity contribution in [3.63, 3.8) is 0 Å². The van der Waals surface area contributed by atoms with Gasteiger partial charge in [0.05, 0.1) is 0 Å². The molecule has 0 atom stereocenters. The Kier molecular flexibility index (Phi) is 5.82. The van der Waals surface area contributed by atoms with Crippen molar-refractivity contribution in [3.8, 4) is 22.3 Å². The van der Waals surface area contributed by atoms with Crippen LogP contribution < -0.4 is 4.90 Å². The molecule has 0 spiro atoms. The molecule has 0 aliphatic heterocycles. The number of furan rings is 1. The van der Waals surface area contributed by atoms with Crippen molar-refractivity contribution in [3.05, 3.63) is 164 Å². The molecule has 0 N–H and O–H groups in total. The lowest BCUT2D eigenvalue weighted by atomic mass is 9.98. The fourth-order valence-corrected chi connectivity index (χ4v) is 6.10. The van der Waals surface area contributed by atoms with Gasteiger partial charge in [0.1, 0.15) is 11.2 Å². The van der Waals surface area contributed by atoms with Gasteiger partial charge in [0.15, 0.2) is 0 Å². The summed E-state index contributed by atoms with van der Waals surface area (Å²) in [5.74, 6) is 0. The average molecular weight is 538 g/mol. The van der Waals surface area contributed by atoms with Gasteiger partial charge in [-0.05, 0) is 81.6 Å². The largest absolute Gasteiger partial charge is 0.456 e. The Balaban J connectivity index is 1.20. The lowest BCUT2D eigenvalue weighted by molar-refractivity contribution is 0.669. The lowest BCUT2D eigenvalue weighted by Gasteiger charge is -2.26. The van der Waals surface area contributed by atoms with Gasteiger partial charge in [0.2, 0.25) is 0 Å². The van der Waals surface area contributed by atoms with E-state index in [9.17, 15) is 0 Å². The lowest BCUT2D eigenvalue weighted by Crippen LogP contribution is -2.09. The van der Waals surface area contributed by atoms with Crippen molar-refractivity contribution in [2.24, 2.45) is 0 Å². The Morgan fingerprint density at radius 1 is 0.357 bits per heavy atom. The van der Waals surface area contributed by atoms with Crippen molar-refractivity contribution >= 4 is 49.8 Å². The maximum absolute atomic E-state index is 6.15. The van der Waals surface area contributed by atoms with Crippen LogP contribution in [0.4, 0.5) is 17.1 Å². The Morgan fingerprint density at radius 3 is 1.64 bits per heavy atom. The molecule has 0 radical (unpaired) electrons. The van der Waals surface area contributed by atoms with Crippen LogP contribution in [0.2, 0.25) is 0 Å². The Labute approximate surface area is 244 Å². The molecule has 198 valence electrons. The molecule has 42 heavy (non-hydrogen) atoms. The quantitative estimate of drug-likeness (QED) is 0.217. The summed E-state index contributed by atoms with van der Waals surface area (Å²) < 4.78 is 6.15. The van der Waals surface area contributed by atoms with E-state index in [0.717, 1.165) is 44.6 Å². The van der Waals surface area contributed by atoms with Crippen LogP contribution >= 0.6 is 0 Å². The van der Waals surface area contributed by atoms with Crippen LogP contribution in [-0.4, -0.2) is 0 Å². The van der Waals surface area contributed by atoms with Crippen LogP contribution in [0.5, 0.6) is 0 Å². The molecule has 0 aliphatic rings. The summed E-state index contributed by atoms with van der Waals surface area (Å²) >= 11 is 0. The first-order chi connectivity index (χ1) is 20.8.